The maximum absolute atomic E-state index is 11.5. The lowest BCUT2D eigenvalue weighted by atomic mass is 10.1. The van der Waals surface area contributed by atoms with Gasteiger partial charge >= 0.3 is 12.1 Å². The standard InChI is InChI=1S/C14H27NO4/c1-5-6-9-19-14(17)15(4)11-13(16)18-10-7-8-12(2)3/h12H,5-11H2,1-4H3. The maximum Gasteiger partial charge on any atom is 0.410 e. The van der Waals surface area contributed by atoms with E-state index < -0.39 is 12.1 Å². The number of amides is 1. The van der Waals surface area contributed by atoms with Crippen LogP contribution in [0, 0.1) is 5.92 Å². The van der Waals surface area contributed by atoms with Gasteiger partial charge in [-0.2, -0.15) is 0 Å². The van der Waals surface area contributed by atoms with E-state index in [9.17, 15) is 9.59 Å². The zero-order valence-electron chi connectivity index (χ0n) is 12.6. The number of esters is 1. The Morgan fingerprint density at radius 3 is 2.32 bits per heavy atom. The van der Waals surface area contributed by atoms with Gasteiger partial charge in [0, 0.05) is 7.05 Å². The van der Waals surface area contributed by atoms with Crippen molar-refractivity contribution < 1.29 is 19.1 Å². The minimum Gasteiger partial charge on any atom is -0.464 e. The summed E-state index contributed by atoms with van der Waals surface area (Å²) in [6.45, 7) is 7.02. The van der Waals surface area contributed by atoms with Crippen LogP contribution in [0.25, 0.3) is 0 Å². The number of nitrogens with zero attached hydrogens (tertiary/aromatic N) is 1. The molecule has 0 aliphatic rings. The van der Waals surface area contributed by atoms with Gasteiger partial charge in [-0.05, 0) is 25.2 Å². The number of unbranched alkanes of at least 4 members (excludes halogenated alkanes) is 1. The molecular formula is C14H27NO4. The molecule has 0 aromatic heterocycles. The number of hydrogen-bond donors (Lipinski definition) is 0. The van der Waals surface area contributed by atoms with Gasteiger partial charge in [-0.3, -0.25) is 4.79 Å². The molecule has 5 heteroatoms. The van der Waals surface area contributed by atoms with Crippen LogP contribution in [0.5, 0.6) is 0 Å². The molecule has 1 amide bonds. The van der Waals surface area contributed by atoms with E-state index in [-0.39, 0.29) is 6.54 Å². The molecule has 0 unspecified atom stereocenters. The second kappa shape index (κ2) is 10.6. The Hall–Kier alpha value is -1.26. The molecule has 0 spiro atoms. The third-order valence-corrected chi connectivity index (χ3v) is 2.59. The van der Waals surface area contributed by atoms with E-state index in [2.05, 4.69) is 13.8 Å². The van der Waals surface area contributed by atoms with Crippen LogP contribution < -0.4 is 0 Å². The van der Waals surface area contributed by atoms with Gasteiger partial charge in [0.15, 0.2) is 0 Å². The normalized spacial score (nSPS) is 10.4. The highest BCUT2D eigenvalue weighted by Gasteiger charge is 2.14. The van der Waals surface area contributed by atoms with Crippen LogP contribution in [0.3, 0.4) is 0 Å². The summed E-state index contributed by atoms with van der Waals surface area (Å²) >= 11 is 0. The smallest absolute Gasteiger partial charge is 0.410 e. The number of hydrogen-bond acceptors (Lipinski definition) is 4. The van der Waals surface area contributed by atoms with E-state index in [1.54, 1.807) is 0 Å². The molecule has 0 saturated heterocycles. The van der Waals surface area contributed by atoms with Gasteiger partial charge in [0.2, 0.25) is 0 Å². The Balaban J connectivity index is 3.70. The fraction of sp³-hybridized carbons (Fsp3) is 0.857. The highest BCUT2D eigenvalue weighted by atomic mass is 16.6. The molecule has 0 fully saturated rings. The SMILES string of the molecule is CCCCOC(=O)N(C)CC(=O)OCCCC(C)C. The molecule has 0 aliphatic carbocycles. The van der Waals surface area contributed by atoms with Crippen molar-refractivity contribution in [2.45, 2.75) is 46.5 Å². The van der Waals surface area contributed by atoms with Gasteiger partial charge in [0.1, 0.15) is 6.54 Å². The second-order valence-corrected chi connectivity index (χ2v) is 5.08. The number of carbonyl (C=O) groups is 2. The average Bonchev–Trinajstić information content (AvgIpc) is 2.34. The highest BCUT2D eigenvalue weighted by Crippen LogP contribution is 2.03. The minimum absolute atomic E-state index is 0.0629. The molecule has 0 aromatic carbocycles. The average molecular weight is 273 g/mol. The molecule has 112 valence electrons. The summed E-state index contributed by atoms with van der Waals surface area (Å²) in [5, 5.41) is 0. The van der Waals surface area contributed by atoms with Crippen LogP contribution in [-0.4, -0.2) is 43.8 Å². The van der Waals surface area contributed by atoms with E-state index in [1.165, 1.54) is 11.9 Å². The van der Waals surface area contributed by atoms with E-state index in [0.717, 1.165) is 25.7 Å². The van der Waals surface area contributed by atoms with Crippen LogP contribution >= 0.6 is 0 Å². The van der Waals surface area contributed by atoms with Crippen molar-refractivity contribution >= 4 is 12.1 Å². The maximum atomic E-state index is 11.5. The van der Waals surface area contributed by atoms with Gasteiger partial charge in [-0.1, -0.05) is 27.2 Å². The first-order valence-electron chi connectivity index (χ1n) is 7.00. The summed E-state index contributed by atoms with van der Waals surface area (Å²) in [4.78, 5) is 24.2. The minimum atomic E-state index is -0.479. The molecule has 19 heavy (non-hydrogen) atoms. The molecule has 0 aromatic rings. The topological polar surface area (TPSA) is 55.8 Å². The van der Waals surface area contributed by atoms with E-state index in [0.29, 0.717) is 19.1 Å². The Kier molecular flexibility index (Phi) is 9.94. The monoisotopic (exact) mass is 273 g/mol. The Morgan fingerprint density at radius 1 is 1.11 bits per heavy atom. The third-order valence-electron chi connectivity index (χ3n) is 2.59. The molecule has 0 N–H and O–H groups in total. The molecule has 0 rings (SSSR count). The predicted molar refractivity (Wildman–Crippen MR) is 73.9 cm³/mol. The van der Waals surface area contributed by atoms with Crippen molar-refractivity contribution in [1.82, 2.24) is 4.90 Å². The predicted octanol–water partition coefficient (Wildman–Crippen LogP) is 2.83. The largest absolute Gasteiger partial charge is 0.464 e. The van der Waals surface area contributed by atoms with Crippen molar-refractivity contribution in [3.63, 3.8) is 0 Å². The summed E-state index contributed by atoms with van der Waals surface area (Å²) in [6.07, 6.45) is 3.21. The molecule has 0 heterocycles. The summed E-state index contributed by atoms with van der Waals surface area (Å²) in [6, 6.07) is 0. The fourth-order valence-electron chi connectivity index (χ4n) is 1.40. The summed E-state index contributed by atoms with van der Waals surface area (Å²) in [5.41, 5.74) is 0. The molecule has 0 aliphatic heterocycles. The lowest BCUT2D eigenvalue weighted by molar-refractivity contribution is -0.144. The van der Waals surface area contributed by atoms with Crippen molar-refractivity contribution in [3.05, 3.63) is 0 Å². The Bertz CT molecular complexity index is 266. The van der Waals surface area contributed by atoms with E-state index in [1.807, 2.05) is 6.92 Å². The second-order valence-electron chi connectivity index (χ2n) is 5.08. The van der Waals surface area contributed by atoms with E-state index in [4.69, 9.17) is 9.47 Å². The van der Waals surface area contributed by atoms with Crippen LogP contribution in [0.15, 0.2) is 0 Å². The molecule has 0 radical (unpaired) electrons. The lowest BCUT2D eigenvalue weighted by Crippen LogP contribution is -2.33. The highest BCUT2D eigenvalue weighted by molar-refractivity contribution is 5.77. The fourth-order valence-corrected chi connectivity index (χ4v) is 1.40. The van der Waals surface area contributed by atoms with Crippen LogP contribution in [0.1, 0.15) is 46.5 Å². The van der Waals surface area contributed by atoms with Gasteiger partial charge in [-0.15, -0.1) is 0 Å². The van der Waals surface area contributed by atoms with Gasteiger partial charge in [0.25, 0.3) is 0 Å². The Labute approximate surface area is 116 Å². The summed E-state index contributed by atoms with van der Waals surface area (Å²) in [5.74, 6) is 0.216. The lowest BCUT2D eigenvalue weighted by Gasteiger charge is -2.16. The molecule has 0 saturated carbocycles. The summed E-state index contributed by atoms with van der Waals surface area (Å²) < 4.78 is 10.0. The number of likely N-dealkylation sites (N-methyl/N-ethyl adjacent to an activating group) is 1. The number of carbonyl (C=O) groups excluding carboxylic acids is 2. The zero-order valence-corrected chi connectivity index (χ0v) is 12.6. The van der Waals surface area contributed by atoms with Gasteiger partial charge in [-0.25, -0.2) is 4.79 Å². The molecule has 5 nitrogen and oxygen atoms in total. The van der Waals surface area contributed by atoms with E-state index >= 15 is 0 Å². The zero-order chi connectivity index (χ0) is 14.7. The van der Waals surface area contributed by atoms with Crippen molar-refractivity contribution in [2.75, 3.05) is 26.8 Å². The first kappa shape index (κ1) is 17.7. The number of rotatable bonds is 9. The molecule has 0 atom stereocenters. The molecular weight excluding hydrogens is 246 g/mol. The van der Waals surface area contributed by atoms with Crippen LogP contribution in [-0.2, 0) is 14.3 Å². The number of ether oxygens (including phenoxy) is 2. The van der Waals surface area contributed by atoms with Crippen LogP contribution in [0.4, 0.5) is 4.79 Å². The summed E-state index contributed by atoms with van der Waals surface area (Å²) in [7, 11) is 1.53. The van der Waals surface area contributed by atoms with Crippen LogP contribution in [0.2, 0.25) is 0 Å². The van der Waals surface area contributed by atoms with Gasteiger partial charge < -0.3 is 14.4 Å². The first-order valence-corrected chi connectivity index (χ1v) is 7.00. The quantitative estimate of drug-likeness (QED) is 0.479. The third kappa shape index (κ3) is 10.4. The first-order chi connectivity index (χ1) is 8.97. The van der Waals surface area contributed by atoms with Crippen molar-refractivity contribution in [1.29, 1.82) is 0 Å². The van der Waals surface area contributed by atoms with Crippen molar-refractivity contribution in [2.24, 2.45) is 5.92 Å². The molecule has 0 bridgehead atoms. The van der Waals surface area contributed by atoms with Crippen molar-refractivity contribution in [3.8, 4) is 0 Å². The Morgan fingerprint density at radius 2 is 1.74 bits per heavy atom. The van der Waals surface area contributed by atoms with Gasteiger partial charge in [0.05, 0.1) is 13.2 Å².